The lowest BCUT2D eigenvalue weighted by Crippen LogP contribution is -2.19. The molecule has 0 fully saturated rings. The fourth-order valence-electron chi connectivity index (χ4n) is 0.943. The van der Waals surface area contributed by atoms with E-state index < -0.39 is 6.10 Å². The molecule has 0 saturated carbocycles. The van der Waals surface area contributed by atoms with Crippen molar-refractivity contribution < 1.29 is 5.11 Å². The standard InChI is InChI=1S/C8H12ClNOS/c1-10(2)5-6(11)7-3-4-8(9)12-7/h3-4,6,11H,5H2,1-2H3. The molecule has 1 heterocycles. The fraction of sp³-hybridized carbons (Fsp3) is 0.500. The van der Waals surface area contributed by atoms with Crippen LogP contribution in [-0.2, 0) is 0 Å². The molecule has 4 heteroatoms. The molecule has 0 spiro atoms. The Morgan fingerprint density at radius 3 is 2.67 bits per heavy atom. The summed E-state index contributed by atoms with van der Waals surface area (Å²) < 4.78 is 0.725. The highest BCUT2D eigenvalue weighted by atomic mass is 35.5. The van der Waals surface area contributed by atoms with Crippen LogP contribution in [0.25, 0.3) is 0 Å². The van der Waals surface area contributed by atoms with Crippen molar-refractivity contribution in [1.82, 2.24) is 4.90 Å². The number of hydrogen-bond acceptors (Lipinski definition) is 3. The predicted octanol–water partition coefficient (Wildman–Crippen LogP) is 2.00. The van der Waals surface area contributed by atoms with E-state index in [1.54, 1.807) is 6.07 Å². The van der Waals surface area contributed by atoms with Crippen molar-refractivity contribution in [2.24, 2.45) is 0 Å². The molecule has 0 saturated heterocycles. The van der Waals surface area contributed by atoms with Crippen molar-refractivity contribution in [3.8, 4) is 0 Å². The van der Waals surface area contributed by atoms with Crippen LogP contribution < -0.4 is 0 Å². The van der Waals surface area contributed by atoms with Gasteiger partial charge in [-0.25, -0.2) is 0 Å². The average Bonchev–Trinajstić information content (AvgIpc) is 2.34. The topological polar surface area (TPSA) is 23.5 Å². The van der Waals surface area contributed by atoms with Gasteiger partial charge in [-0.15, -0.1) is 11.3 Å². The number of thiophene rings is 1. The van der Waals surface area contributed by atoms with Crippen LogP contribution in [-0.4, -0.2) is 30.6 Å². The van der Waals surface area contributed by atoms with E-state index in [1.165, 1.54) is 11.3 Å². The SMILES string of the molecule is CN(C)CC(O)c1ccc(Cl)s1. The Morgan fingerprint density at radius 2 is 2.25 bits per heavy atom. The zero-order valence-electron chi connectivity index (χ0n) is 7.12. The van der Waals surface area contributed by atoms with Crippen LogP contribution in [0.3, 0.4) is 0 Å². The van der Waals surface area contributed by atoms with Gasteiger partial charge in [0.1, 0.15) is 6.10 Å². The lowest BCUT2D eigenvalue weighted by atomic mass is 10.3. The zero-order chi connectivity index (χ0) is 9.14. The highest BCUT2D eigenvalue weighted by Crippen LogP contribution is 2.26. The summed E-state index contributed by atoms with van der Waals surface area (Å²) in [4.78, 5) is 2.87. The molecule has 12 heavy (non-hydrogen) atoms. The normalized spacial score (nSPS) is 13.8. The Morgan fingerprint density at radius 1 is 1.58 bits per heavy atom. The minimum atomic E-state index is -0.419. The average molecular weight is 206 g/mol. The summed E-state index contributed by atoms with van der Waals surface area (Å²) in [6.45, 7) is 0.636. The Hall–Kier alpha value is -0.0900. The van der Waals surface area contributed by atoms with Gasteiger partial charge in [-0.2, -0.15) is 0 Å². The first-order valence-electron chi connectivity index (χ1n) is 3.67. The van der Waals surface area contributed by atoms with E-state index >= 15 is 0 Å². The molecule has 0 aliphatic heterocycles. The molecular formula is C8H12ClNOS. The highest BCUT2D eigenvalue weighted by molar-refractivity contribution is 7.16. The van der Waals surface area contributed by atoms with Gasteiger partial charge in [0, 0.05) is 11.4 Å². The molecule has 1 N–H and O–H groups in total. The van der Waals surface area contributed by atoms with Crippen molar-refractivity contribution in [3.05, 3.63) is 21.3 Å². The van der Waals surface area contributed by atoms with Crippen LogP contribution >= 0.6 is 22.9 Å². The Labute approximate surface area is 81.4 Å². The maximum Gasteiger partial charge on any atom is 0.101 e. The van der Waals surface area contributed by atoms with Crippen molar-refractivity contribution in [1.29, 1.82) is 0 Å². The van der Waals surface area contributed by atoms with Crippen molar-refractivity contribution >= 4 is 22.9 Å². The lowest BCUT2D eigenvalue weighted by Gasteiger charge is -2.13. The van der Waals surface area contributed by atoms with E-state index in [4.69, 9.17) is 11.6 Å². The molecule has 0 amide bonds. The van der Waals surface area contributed by atoms with E-state index in [0.717, 1.165) is 9.21 Å². The Kier molecular flexibility index (Phi) is 3.53. The van der Waals surface area contributed by atoms with Crippen molar-refractivity contribution in [2.45, 2.75) is 6.10 Å². The third kappa shape index (κ3) is 2.75. The van der Waals surface area contributed by atoms with Crippen LogP contribution in [0.5, 0.6) is 0 Å². The minimum absolute atomic E-state index is 0.419. The molecule has 1 unspecified atom stereocenters. The van der Waals surface area contributed by atoms with Gasteiger partial charge < -0.3 is 10.0 Å². The molecule has 1 rings (SSSR count). The van der Waals surface area contributed by atoms with Gasteiger partial charge in [0.15, 0.2) is 0 Å². The van der Waals surface area contributed by atoms with Crippen molar-refractivity contribution in [2.75, 3.05) is 20.6 Å². The van der Waals surface area contributed by atoms with Crippen LogP contribution in [0.1, 0.15) is 11.0 Å². The molecule has 0 bridgehead atoms. The molecule has 0 aliphatic rings. The van der Waals surface area contributed by atoms with E-state index in [-0.39, 0.29) is 0 Å². The van der Waals surface area contributed by atoms with E-state index in [2.05, 4.69) is 0 Å². The van der Waals surface area contributed by atoms with Gasteiger partial charge in [0.05, 0.1) is 4.34 Å². The number of aliphatic hydroxyl groups is 1. The molecule has 68 valence electrons. The minimum Gasteiger partial charge on any atom is -0.386 e. The molecule has 1 aromatic rings. The molecule has 0 aliphatic carbocycles. The zero-order valence-corrected chi connectivity index (χ0v) is 8.69. The first-order valence-corrected chi connectivity index (χ1v) is 4.87. The predicted molar refractivity (Wildman–Crippen MR) is 52.8 cm³/mol. The number of likely N-dealkylation sites (N-methyl/N-ethyl adjacent to an activating group) is 1. The highest BCUT2D eigenvalue weighted by Gasteiger charge is 2.10. The molecular weight excluding hydrogens is 194 g/mol. The Balaban J connectivity index is 2.58. The lowest BCUT2D eigenvalue weighted by molar-refractivity contribution is 0.141. The second-order valence-corrected chi connectivity index (χ2v) is 4.67. The number of halogens is 1. The summed E-state index contributed by atoms with van der Waals surface area (Å²) in [5.74, 6) is 0. The number of rotatable bonds is 3. The number of nitrogens with zero attached hydrogens (tertiary/aromatic N) is 1. The van der Waals surface area contributed by atoms with Gasteiger partial charge in [0.25, 0.3) is 0 Å². The van der Waals surface area contributed by atoms with E-state index in [1.807, 2.05) is 25.1 Å². The largest absolute Gasteiger partial charge is 0.386 e. The molecule has 0 aromatic carbocycles. The second-order valence-electron chi connectivity index (χ2n) is 2.92. The summed E-state index contributed by atoms with van der Waals surface area (Å²) in [7, 11) is 3.86. The quantitative estimate of drug-likeness (QED) is 0.816. The molecule has 0 radical (unpaired) electrons. The summed E-state index contributed by atoms with van der Waals surface area (Å²) in [6.07, 6.45) is -0.419. The summed E-state index contributed by atoms with van der Waals surface area (Å²) >= 11 is 7.16. The monoisotopic (exact) mass is 205 g/mol. The fourth-order valence-corrected chi connectivity index (χ4v) is 1.98. The first kappa shape index (κ1) is 9.99. The van der Waals surface area contributed by atoms with Crippen LogP contribution in [0, 0.1) is 0 Å². The number of hydrogen-bond donors (Lipinski definition) is 1. The third-order valence-electron chi connectivity index (χ3n) is 1.46. The van der Waals surface area contributed by atoms with Crippen LogP contribution in [0.4, 0.5) is 0 Å². The number of aliphatic hydroxyl groups excluding tert-OH is 1. The maximum atomic E-state index is 9.61. The summed E-state index contributed by atoms with van der Waals surface area (Å²) in [5.41, 5.74) is 0. The first-order chi connectivity index (χ1) is 5.59. The smallest absolute Gasteiger partial charge is 0.101 e. The van der Waals surface area contributed by atoms with Gasteiger partial charge in [-0.3, -0.25) is 0 Å². The second kappa shape index (κ2) is 4.23. The summed E-state index contributed by atoms with van der Waals surface area (Å²) in [5, 5.41) is 9.61. The molecule has 2 nitrogen and oxygen atoms in total. The van der Waals surface area contributed by atoms with Gasteiger partial charge in [-0.1, -0.05) is 11.6 Å². The van der Waals surface area contributed by atoms with Gasteiger partial charge in [0.2, 0.25) is 0 Å². The van der Waals surface area contributed by atoms with Crippen LogP contribution in [0.15, 0.2) is 12.1 Å². The van der Waals surface area contributed by atoms with Crippen LogP contribution in [0.2, 0.25) is 4.34 Å². The molecule has 1 aromatic heterocycles. The van der Waals surface area contributed by atoms with Gasteiger partial charge in [-0.05, 0) is 26.2 Å². The Bertz CT molecular complexity index is 249. The van der Waals surface area contributed by atoms with Gasteiger partial charge >= 0.3 is 0 Å². The summed E-state index contributed by atoms with van der Waals surface area (Å²) in [6, 6.07) is 3.67. The van der Waals surface area contributed by atoms with E-state index in [9.17, 15) is 5.11 Å². The molecule has 1 atom stereocenters. The third-order valence-corrected chi connectivity index (χ3v) is 2.79. The van der Waals surface area contributed by atoms with E-state index in [0.29, 0.717) is 6.54 Å². The maximum absolute atomic E-state index is 9.61. The van der Waals surface area contributed by atoms with Crippen molar-refractivity contribution in [3.63, 3.8) is 0 Å².